The molecule has 0 atom stereocenters. The molecule has 1 aliphatic carbocycles. The van der Waals surface area contributed by atoms with E-state index >= 15 is 0 Å². The summed E-state index contributed by atoms with van der Waals surface area (Å²) in [6, 6.07) is 5.49. The number of nitrogens with zero attached hydrogens (tertiary/aromatic N) is 1. The highest BCUT2D eigenvalue weighted by molar-refractivity contribution is 7.99. The number of halogens is 2. The third-order valence-electron chi connectivity index (χ3n) is 3.95. The number of nitrogen functional groups attached to an aromatic ring is 1. The van der Waals surface area contributed by atoms with Crippen LogP contribution in [0.4, 0.5) is 11.8 Å². The summed E-state index contributed by atoms with van der Waals surface area (Å²) in [6.07, 6.45) is 5.76. The molecule has 1 aromatic carbocycles. The molecule has 0 amide bonds. The van der Waals surface area contributed by atoms with Crippen LogP contribution >= 0.6 is 35.0 Å². The molecular formula is C16H18Cl2N4OS. The van der Waals surface area contributed by atoms with Gasteiger partial charge in [0.05, 0.1) is 5.02 Å². The molecule has 1 heterocycles. The molecular weight excluding hydrogens is 367 g/mol. The molecule has 0 aliphatic heterocycles. The summed E-state index contributed by atoms with van der Waals surface area (Å²) in [5, 5.41) is 4.42. The van der Waals surface area contributed by atoms with Crippen molar-refractivity contribution in [1.29, 1.82) is 0 Å². The van der Waals surface area contributed by atoms with Gasteiger partial charge in [-0.05, 0) is 31.0 Å². The SMILES string of the molecule is Nc1nc(NC2CCCCC2)c(Sc2ccc(Cl)cc2Cl)c(=O)[nH]1. The van der Waals surface area contributed by atoms with Gasteiger partial charge < -0.3 is 11.1 Å². The molecule has 0 bridgehead atoms. The quantitative estimate of drug-likeness (QED) is 0.719. The van der Waals surface area contributed by atoms with Gasteiger partial charge in [0.25, 0.3) is 5.56 Å². The lowest BCUT2D eigenvalue weighted by Crippen LogP contribution is -2.26. The fraction of sp³-hybridized carbons (Fsp3) is 0.375. The van der Waals surface area contributed by atoms with E-state index in [2.05, 4.69) is 15.3 Å². The van der Waals surface area contributed by atoms with E-state index in [1.165, 1.54) is 31.0 Å². The van der Waals surface area contributed by atoms with Gasteiger partial charge in [0.2, 0.25) is 5.95 Å². The van der Waals surface area contributed by atoms with Crippen LogP contribution in [0.15, 0.2) is 32.8 Å². The van der Waals surface area contributed by atoms with E-state index in [1.807, 2.05) is 0 Å². The summed E-state index contributed by atoms with van der Waals surface area (Å²) in [5.41, 5.74) is 5.44. The number of benzene rings is 1. The van der Waals surface area contributed by atoms with Crippen LogP contribution < -0.4 is 16.6 Å². The second-order valence-electron chi connectivity index (χ2n) is 5.78. The van der Waals surface area contributed by atoms with Crippen molar-refractivity contribution in [2.75, 3.05) is 11.1 Å². The fourth-order valence-electron chi connectivity index (χ4n) is 2.78. The normalized spacial score (nSPS) is 15.4. The molecule has 0 spiro atoms. The van der Waals surface area contributed by atoms with Crippen molar-refractivity contribution < 1.29 is 0 Å². The van der Waals surface area contributed by atoms with Crippen LogP contribution in [-0.4, -0.2) is 16.0 Å². The number of rotatable bonds is 4. The zero-order chi connectivity index (χ0) is 17.1. The second-order valence-corrected chi connectivity index (χ2v) is 7.68. The van der Waals surface area contributed by atoms with Crippen molar-refractivity contribution in [3.05, 3.63) is 38.6 Å². The van der Waals surface area contributed by atoms with Crippen molar-refractivity contribution in [3.63, 3.8) is 0 Å². The Morgan fingerprint density at radius 1 is 1.25 bits per heavy atom. The van der Waals surface area contributed by atoms with Crippen LogP contribution in [0.2, 0.25) is 10.0 Å². The summed E-state index contributed by atoms with van der Waals surface area (Å²) in [6.45, 7) is 0. The maximum absolute atomic E-state index is 12.4. The van der Waals surface area contributed by atoms with E-state index in [9.17, 15) is 4.79 Å². The first kappa shape index (κ1) is 17.5. The number of hydrogen-bond acceptors (Lipinski definition) is 5. The van der Waals surface area contributed by atoms with Crippen molar-refractivity contribution in [2.24, 2.45) is 0 Å². The smallest absolute Gasteiger partial charge is 0.268 e. The largest absolute Gasteiger partial charge is 0.369 e. The van der Waals surface area contributed by atoms with E-state index in [0.717, 1.165) is 17.7 Å². The van der Waals surface area contributed by atoms with Crippen molar-refractivity contribution in [1.82, 2.24) is 9.97 Å². The monoisotopic (exact) mass is 384 g/mol. The van der Waals surface area contributed by atoms with Crippen LogP contribution in [-0.2, 0) is 0 Å². The average molecular weight is 385 g/mol. The van der Waals surface area contributed by atoms with Crippen molar-refractivity contribution in [3.8, 4) is 0 Å². The van der Waals surface area contributed by atoms with E-state index in [-0.39, 0.29) is 11.5 Å². The second kappa shape index (κ2) is 7.68. The van der Waals surface area contributed by atoms with Gasteiger partial charge in [-0.15, -0.1) is 0 Å². The molecule has 128 valence electrons. The van der Waals surface area contributed by atoms with Crippen molar-refractivity contribution in [2.45, 2.75) is 47.9 Å². The molecule has 1 aromatic heterocycles. The molecule has 1 saturated carbocycles. The number of H-pyrrole nitrogens is 1. The number of nitrogens with two attached hydrogens (primary N) is 1. The van der Waals surface area contributed by atoms with E-state index < -0.39 is 0 Å². The van der Waals surface area contributed by atoms with Gasteiger partial charge in [0.15, 0.2) is 0 Å². The zero-order valence-electron chi connectivity index (χ0n) is 12.9. The van der Waals surface area contributed by atoms with Gasteiger partial charge in [-0.1, -0.05) is 54.2 Å². The number of nitrogens with one attached hydrogen (secondary N) is 2. The molecule has 3 rings (SSSR count). The Kier molecular flexibility index (Phi) is 5.58. The summed E-state index contributed by atoms with van der Waals surface area (Å²) >= 11 is 13.4. The highest BCUT2D eigenvalue weighted by atomic mass is 35.5. The van der Waals surface area contributed by atoms with Crippen LogP contribution in [0.5, 0.6) is 0 Å². The predicted molar refractivity (Wildman–Crippen MR) is 100 cm³/mol. The Hall–Kier alpha value is -1.37. The molecule has 8 heteroatoms. The number of anilines is 2. The molecule has 0 unspecified atom stereocenters. The summed E-state index contributed by atoms with van der Waals surface area (Å²) < 4.78 is 0. The number of aromatic amines is 1. The minimum Gasteiger partial charge on any atom is -0.369 e. The minimum absolute atomic E-state index is 0.102. The van der Waals surface area contributed by atoms with E-state index in [4.69, 9.17) is 28.9 Å². The van der Waals surface area contributed by atoms with Gasteiger partial charge in [0.1, 0.15) is 10.7 Å². The summed E-state index contributed by atoms with van der Waals surface area (Å²) in [4.78, 5) is 20.4. The topological polar surface area (TPSA) is 83.8 Å². The fourth-order valence-corrected chi connectivity index (χ4v) is 4.16. The lowest BCUT2D eigenvalue weighted by Gasteiger charge is -2.24. The molecule has 24 heavy (non-hydrogen) atoms. The Morgan fingerprint density at radius 2 is 2.00 bits per heavy atom. The van der Waals surface area contributed by atoms with Gasteiger partial charge >= 0.3 is 0 Å². The Morgan fingerprint density at radius 3 is 2.71 bits per heavy atom. The maximum Gasteiger partial charge on any atom is 0.268 e. The Labute approximate surface area is 154 Å². The van der Waals surface area contributed by atoms with Crippen LogP contribution in [0.3, 0.4) is 0 Å². The Balaban J connectivity index is 1.92. The standard InChI is InChI=1S/C16H18Cl2N4OS/c17-9-6-7-12(11(18)8-9)24-13-14(21-16(19)22-15(13)23)20-10-4-2-1-3-5-10/h6-8,10H,1-5H2,(H4,19,20,21,22,23). The van der Waals surface area contributed by atoms with Gasteiger partial charge in [-0.25, -0.2) is 0 Å². The van der Waals surface area contributed by atoms with E-state index in [0.29, 0.717) is 26.8 Å². The highest BCUT2D eigenvalue weighted by Crippen LogP contribution is 2.36. The van der Waals surface area contributed by atoms with Gasteiger partial charge in [-0.2, -0.15) is 4.98 Å². The molecule has 0 radical (unpaired) electrons. The average Bonchev–Trinajstić information content (AvgIpc) is 2.53. The van der Waals surface area contributed by atoms with Gasteiger partial charge in [0, 0.05) is 16.0 Å². The molecule has 1 aliphatic rings. The molecule has 1 fully saturated rings. The summed E-state index contributed by atoms with van der Waals surface area (Å²) in [5.74, 6) is 0.615. The highest BCUT2D eigenvalue weighted by Gasteiger charge is 2.19. The third-order valence-corrected chi connectivity index (χ3v) is 5.77. The van der Waals surface area contributed by atoms with Crippen molar-refractivity contribution >= 4 is 46.7 Å². The van der Waals surface area contributed by atoms with Crippen LogP contribution in [0.25, 0.3) is 0 Å². The molecule has 4 N–H and O–H groups in total. The number of hydrogen-bond donors (Lipinski definition) is 3. The molecule has 2 aromatic rings. The maximum atomic E-state index is 12.4. The third kappa shape index (κ3) is 4.18. The number of aromatic nitrogens is 2. The van der Waals surface area contributed by atoms with Crippen LogP contribution in [0, 0.1) is 0 Å². The molecule has 5 nitrogen and oxygen atoms in total. The zero-order valence-corrected chi connectivity index (χ0v) is 15.3. The van der Waals surface area contributed by atoms with Gasteiger partial charge in [-0.3, -0.25) is 9.78 Å². The molecule has 0 saturated heterocycles. The first-order chi connectivity index (χ1) is 11.5. The first-order valence-corrected chi connectivity index (χ1v) is 9.39. The van der Waals surface area contributed by atoms with Crippen LogP contribution in [0.1, 0.15) is 32.1 Å². The summed E-state index contributed by atoms with van der Waals surface area (Å²) in [7, 11) is 0. The lowest BCUT2D eigenvalue weighted by molar-refractivity contribution is 0.461. The lowest BCUT2D eigenvalue weighted by atomic mass is 9.95. The predicted octanol–water partition coefficient (Wildman–Crippen LogP) is 4.55. The minimum atomic E-state index is -0.281. The first-order valence-electron chi connectivity index (χ1n) is 7.82. The Bertz CT molecular complexity index is 790. The van der Waals surface area contributed by atoms with E-state index in [1.54, 1.807) is 18.2 Å².